The Hall–Kier alpha value is -3.74. The standard InChI is InChI=1S/C20H19N5O2/c26-18(15-7-2-1-3-8-15)25-17-10-5-4-9-16(17)19(27)21-13-14-24-20-22-11-6-12-23-20/h1-12H,13-14H2,(H,21,27)(H,25,26)(H,22,23,24). The van der Waals surface area contributed by atoms with Crippen LogP contribution in [0.25, 0.3) is 0 Å². The smallest absolute Gasteiger partial charge is 0.255 e. The van der Waals surface area contributed by atoms with Crippen molar-refractivity contribution in [2.24, 2.45) is 0 Å². The van der Waals surface area contributed by atoms with Crippen LogP contribution in [0.15, 0.2) is 73.1 Å². The lowest BCUT2D eigenvalue weighted by Crippen LogP contribution is -2.30. The van der Waals surface area contributed by atoms with Gasteiger partial charge < -0.3 is 16.0 Å². The van der Waals surface area contributed by atoms with Crippen molar-refractivity contribution in [3.05, 3.63) is 84.2 Å². The lowest BCUT2D eigenvalue weighted by atomic mass is 10.1. The highest BCUT2D eigenvalue weighted by atomic mass is 16.2. The average Bonchev–Trinajstić information content (AvgIpc) is 2.73. The average molecular weight is 361 g/mol. The minimum Gasteiger partial charge on any atom is -0.352 e. The van der Waals surface area contributed by atoms with Gasteiger partial charge in [-0.3, -0.25) is 9.59 Å². The first-order chi connectivity index (χ1) is 13.2. The Bertz CT molecular complexity index is 901. The van der Waals surface area contributed by atoms with Crippen molar-refractivity contribution in [3.63, 3.8) is 0 Å². The van der Waals surface area contributed by atoms with Gasteiger partial charge >= 0.3 is 0 Å². The van der Waals surface area contributed by atoms with Crippen LogP contribution in [0.3, 0.4) is 0 Å². The molecule has 0 fully saturated rings. The highest BCUT2D eigenvalue weighted by molar-refractivity contribution is 6.08. The Morgan fingerprint density at radius 1 is 0.778 bits per heavy atom. The number of para-hydroxylation sites is 1. The number of carbonyl (C=O) groups is 2. The van der Waals surface area contributed by atoms with Gasteiger partial charge in [-0.2, -0.15) is 0 Å². The minimum absolute atomic E-state index is 0.265. The number of nitrogens with zero attached hydrogens (tertiary/aromatic N) is 2. The Morgan fingerprint density at radius 2 is 1.48 bits per heavy atom. The van der Waals surface area contributed by atoms with E-state index in [0.717, 1.165) is 0 Å². The lowest BCUT2D eigenvalue weighted by molar-refractivity contribution is 0.0956. The van der Waals surface area contributed by atoms with Gasteiger partial charge in [-0.15, -0.1) is 0 Å². The zero-order valence-corrected chi connectivity index (χ0v) is 14.6. The summed E-state index contributed by atoms with van der Waals surface area (Å²) in [5, 5.41) is 8.62. The third-order valence-electron chi connectivity index (χ3n) is 3.72. The molecule has 0 bridgehead atoms. The van der Waals surface area contributed by atoms with E-state index in [1.807, 2.05) is 6.07 Å². The van der Waals surface area contributed by atoms with Crippen molar-refractivity contribution in [2.45, 2.75) is 0 Å². The largest absolute Gasteiger partial charge is 0.352 e. The molecule has 1 heterocycles. The maximum Gasteiger partial charge on any atom is 0.255 e. The molecule has 0 atom stereocenters. The van der Waals surface area contributed by atoms with Crippen LogP contribution >= 0.6 is 0 Å². The normalized spacial score (nSPS) is 10.1. The van der Waals surface area contributed by atoms with Crippen LogP contribution in [0.4, 0.5) is 11.6 Å². The Morgan fingerprint density at radius 3 is 2.26 bits per heavy atom. The number of carbonyl (C=O) groups excluding carboxylic acids is 2. The molecule has 0 aliphatic heterocycles. The molecule has 3 N–H and O–H groups in total. The SMILES string of the molecule is O=C(Nc1ccccc1C(=O)NCCNc1ncccn1)c1ccccc1. The molecule has 2 amide bonds. The van der Waals surface area contributed by atoms with Gasteiger partial charge in [0.25, 0.3) is 11.8 Å². The molecule has 2 aromatic carbocycles. The zero-order chi connectivity index (χ0) is 18.9. The number of benzene rings is 2. The molecule has 3 aromatic rings. The van der Waals surface area contributed by atoms with Crippen molar-refractivity contribution in [1.29, 1.82) is 0 Å². The Kier molecular flexibility index (Phi) is 6.08. The molecule has 0 saturated carbocycles. The van der Waals surface area contributed by atoms with E-state index in [2.05, 4.69) is 25.9 Å². The predicted molar refractivity (Wildman–Crippen MR) is 104 cm³/mol. The van der Waals surface area contributed by atoms with Gasteiger partial charge in [0.05, 0.1) is 11.3 Å². The third kappa shape index (κ3) is 5.12. The number of hydrogen-bond acceptors (Lipinski definition) is 5. The maximum atomic E-state index is 12.5. The molecule has 0 unspecified atom stereocenters. The molecular formula is C20H19N5O2. The van der Waals surface area contributed by atoms with E-state index >= 15 is 0 Å². The molecule has 0 aliphatic carbocycles. The molecule has 1 aromatic heterocycles. The molecule has 27 heavy (non-hydrogen) atoms. The molecular weight excluding hydrogens is 342 g/mol. The molecule has 3 rings (SSSR count). The summed E-state index contributed by atoms with van der Waals surface area (Å²) in [4.78, 5) is 32.9. The van der Waals surface area contributed by atoms with E-state index in [4.69, 9.17) is 0 Å². The number of aromatic nitrogens is 2. The van der Waals surface area contributed by atoms with Crippen molar-refractivity contribution < 1.29 is 9.59 Å². The fourth-order valence-corrected chi connectivity index (χ4v) is 2.41. The summed E-state index contributed by atoms with van der Waals surface area (Å²) in [5.74, 6) is -0.0317. The monoisotopic (exact) mass is 361 g/mol. The molecule has 7 nitrogen and oxygen atoms in total. The molecule has 0 saturated heterocycles. The Balaban J connectivity index is 1.58. The van der Waals surface area contributed by atoms with E-state index in [1.54, 1.807) is 67.0 Å². The van der Waals surface area contributed by atoms with Gasteiger partial charge in [-0.05, 0) is 30.3 Å². The number of nitrogens with one attached hydrogen (secondary N) is 3. The summed E-state index contributed by atoms with van der Waals surface area (Å²) in [7, 11) is 0. The van der Waals surface area contributed by atoms with Crippen molar-refractivity contribution in [1.82, 2.24) is 15.3 Å². The van der Waals surface area contributed by atoms with Crippen molar-refractivity contribution in [2.75, 3.05) is 23.7 Å². The molecule has 0 radical (unpaired) electrons. The van der Waals surface area contributed by atoms with E-state index in [1.165, 1.54) is 0 Å². The van der Waals surface area contributed by atoms with Crippen LogP contribution in [-0.4, -0.2) is 34.9 Å². The second kappa shape index (κ2) is 9.10. The van der Waals surface area contributed by atoms with Gasteiger partial charge in [0.15, 0.2) is 0 Å². The van der Waals surface area contributed by atoms with Crippen molar-refractivity contribution in [3.8, 4) is 0 Å². The van der Waals surface area contributed by atoms with Gasteiger partial charge in [-0.1, -0.05) is 30.3 Å². The first kappa shape index (κ1) is 18.1. The number of rotatable bonds is 7. The molecule has 0 aliphatic rings. The fourth-order valence-electron chi connectivity index (χ4n) is 2.41. The number of anilines is 2. The second-order valence-electron chi connectivity index (χ2n) is 5.62. The molecule has 136 valence electrons. The topological polar surface area (TPSA) is 96.0 Å². The number of amides is 2. The highest BCUT2D eigenvalue weighted by Gasteiger charge is 2.13. The summed E-state index contributed by atoms with van der Waals surface area (Å²) >= 11 is 0. The van der Waals surface area contributed by atoms with Crippen LogP contribution in [0.1, 0.15) is 20.7 Å². The Labute approximate surface area is 156 Å². The van der Waals surface area contributed by atoms with Crippen LogP contribution in [0, 0.1) is 0 Å². The maximum absolute atomic E-state index is 12.5. The van der Waals surface area contributed by atoms with Gasteiger partial charge in [-0.25, -0.2) is 9.97 Å². The quantitative estimate of drug-likeness (QED) is 0.562. The summed E-state index contributed by atoms with van der Waals surface area (Å²) in [6, 6.07) is 17.5. The highest BCUT2D eigenvalue weighted by Crippen LogP contribution is 2.16. The van der Waals surface area contributed by atoms with Gasteiger partial charge in [0.2, 0.25) is 5.95 Å². The van der Waals surface area contributed by atoms with Gasteiger partial charge in [0.1, 0.15) is 0 Å². The lowest BCUT2D eigenvalue weighted by Gasteiger charge is -2.12. The minimum atomic E-state index is -0.269. The first-order valence-electron chi connectivity index (χ1n) is 8.48. The van der Waals surface area contributed by atoms with E-state index in [9.17, 15) is 9.59 Å². The van der Waals surface area contributed by atoms with E-state index in [-0.39, 0.29) is 11.8 Å². The zero-order valence-electron chi connectivity index (χ0n) is 14.6. The second-order valence-corrected chi connectivity index (χ2v) is 5.62. The van der Waals surface area contributed by atoms with E-state index in [0.29, 0.717) is 35.9 Å². The van der Waals surface area contributed by atoms with Crippen LogP contribution < -0.4 is 16.0 Å². The number of hydrogen-bond donors (Lipinski definition) is 3. The molecule has 7 heteroatoms. The van der Waals surface area contributed by atoms with Crippen LogP contribution in [0.2, 0.25) is 0 Å². The van der Waals surface area contributed by atoms with Crippen LogP contribution in [0.5, 0.6) is 0 Å². The van der Waals surface area contributed by atoms with Crippen LogP contribution in [-0.2, 0) is 0 Å². The summed E-state index contributed by atoms with van der Waals surface area (Å²) in [6.07, 6.45) is 3.28. The first-order valence-corrected chi connectivity index (χ1v) is 8.48. The summed E-state index contributed by atoms with van der Waals surface area (Å²) in [6.45, 7) is 0.867. The van der Waals surface area contributed by atoms with Crippen molar-refractivity contribution >= 4 is 23.5 Å². The van der Waals surface area contributed by atoms with Gasteiger partial charge in [0, 0.05) is 31.0 Å². The predicted octanol–water partition coefficient (Wildman–Crippen LogP) is 2.57. The van der Waals surface area contributed by atoms with E-state index < -0.39 is 0 Å². The summed E-state index contributed by atoms with van der Waals surface area (Å²) < 4.78 is 0. The third-order valence-corrected chi connectivity index (χ3v) is 3.72. The fraction of sp³-hybridized carbons (Fsp3) is 0.100. The molecule has 0 spiro atoms. The summed E-state index contributed by atoms with van der Waals surface area (Å²) in [5.41, 5.74) is 1.39.